The maximum Gasteiger partial charge on any atom is 0.303 e. The van der Waals surface area contributed by atoms with Crippen LogP contribution in [-0.4, -0.2) is 44.7 Å². The summed E-state index contributed by atoms with van der Waals surface area (Å²) in [4.78, 5) is 11.4. The van der Waals surface area contributed by atoms with E-state index in [0.717, 1.165) is 38.5 Å². The van der Waals surface area contributed by atoms with Crippen molar-refractivity contribution >= 4 is 5.97 Å². The molecule has 0 aromatic carbocycles. The summed E-state index contributed by atoms with van der Waals surface area (Å²) in [7, 11) is 0. The van der Waals surface area contributed by atoms with E-state index in [1.807, 2.05) is 13.8 Å². The van der Waals surface area contributed by atoms with Crippen molar-refractivity contribution in [1.29, 1.82) is 0 Å². The van der Waals surface area contributed by atoms with Gasteiger partial charge in [-0.3, -0.25) is 4.79 Å². The van der Waals surface area contributed by atoms with Crippen LogP contribution in [0.2, 0.25) is 0 Å². The summed E-state index contributed by atoms with van der Waals surface area (Å²) in [6.45, 7) is 12.6. The number of aliphatic hydroxyl groups is 3. The molecule has 0 heterocycles. The van der Waals surface area contributed by atoms with Gasteiger partial charge in [0.05, 0.1) is 17.8 Å². The van der Waals surface area contributed by atoms with Crippen molar-refractivity contribution < 1.29 is 24.9 Å². The van der Waals surface area contributed by atoms with E-state index in [4.69, 9.17) is 4.74 Å². The molecule has 196 valence electrons. The van der Waals surface area contributed by atoms with E-state index in [1.165, 1.54) is 26.2 Å². The quantitative estimate of drug-likeness (QED) is 0.455. The summed E-state index contributed by atoms with van der Waals surface area (Å²) in [5.74, 6) is 2.63. The van der Waals surface area contributed by atoms with Crippen LogP contribution in [0.15, 0.2) is 0 Å². The summed E-state index contributed by atoms with van der Waals surface area (Å²) in [5, 5.41) is 33.2. The van der Waals surface area contributed by atoms with Crippen LogP contribution in [0.1, 0.15) is 112 Å². The Labute approximate surface area is 207 Å². The van der Waals surface area contributed by atoms with Gasteiger partial charge in [-0.25, -0.2) is 0 Å². The molecule has 0 radical (unpaired) electrons. The van der Waals surface area contributed by atoms with Gasteiger partial charge in [0.2, 0.25) is 0 Å². The van der Waals surface area contributed by atoms with Crippen LogP contribution >= 0.6 is 0 Å². The SMILES string of the molecule is CC(=O)OC(C)(C)CCC[C@@H](C)[C@H]1CC[C@H]2[C@@H]3C[C@@H](O)[C@@]4(O)C[C@@H](O)CC[C@]4(C)[C@H]3CC[C@]12C. The third kappa shape index (κ3) is 4.26. The summed E-state index contributed by atoms with van der Waals surface area (Å²) >= 11 is 0. The number of esters is 1. The highest BCUT2D eigenvalue weighted by Gasteiger charge is 2.67. The van der Waals surface area contributed by atoms with E-state index in [-0.39, 0.29) is 11.4 Å². The fourth-order valence-electron chi connectivity index (χ4n) is 9.73. The largest absolute Gasteiger partial charge is 0.460 e. The third-order valence-electron chi connectivity index (χ3n) is 11.5. The van der Waals surface area contributed by atoms with Gasteiger partial charge in [-0.15, -0.1) is 0 Å². The summed E-state index contributed by atoms with van der Waals surface area (Å²) in [5.41, 5.74) is -1.56. The zero-order valence-corrected chi connectivity index (χ0v) is 22.5. The number of fused-ring (bicyclic) bond motifs is 5. The number of hydrogen-bond donors (Lipinski definition) is 3. The molecule has 3 N–H and O–H groups in total. The first-order valence-electron chi connectivity index (χ1n) is 14.0. The van der Waals surface area contributed by atoms with Gasteiger partial charge in [-0.1, -0.05) is 27.2 Å². The highest BCUT2D eigenvalue weighted by Crippen LogP contribution is 2.69. The molecule has 10 atom stereocenters. The fourth-order valence-corrected chi connectivity index (χ4v) is 9.73. The van der Waals surface area contributed by atoms with E-state index >= 15 is 0 Å². The molecule has 0 unspecified atom stereocenters. The van der Waals surface area contributed by atoms with Crippen LogP contribution in [0.4, 0.5) is 0 Å². The molecule has 4 saturated carbocycles. The molecule has 0 aromatic heterocycles. The van der Waals surface area contributed by atoms with Gasteiger partial charge in [0, 0.05) is 18.8 Å². The van der Waals surface area contributed by atoms with Crippen LogP contribution in [0.3, 0.4) is 0 Å². The molecular formula is C29H50O5. The number of hydrogen-bond acceptors (Lipinski definition) is 5. The first-order chi connectivity index (χ1) is 15.7. The summed E-state index contributed by atoms with van der Waals surface area (Å²) in [6.07, 6.45) is 9.25. The molecule has 0 saturated heterocycles. The van der Waals surface area contributed by atoms with Gasteiger partial charge < -0.3 is 20.1 Å². The second-order valence-corrected chi connectivity index (χ2v) is 13.8. The predicted octanol–water partition coefficient (Wildman–Crippen LogP) is 5.24. The Balaban J connectivity index is 1.45. The van der Waals surface area contributed by atoms with Gasteiger partial charge in [-0.05, 0) is 107 Å². The van der Waals surface area contributed by atoms with Crippen molar-refractivity contribution in [3.8, 4) is 0 Å². The minimum atomic E-state index is -1.15. The summed E-state index contributed by atoms with van der Waals surface area (Å²) in [6, 6.07) is 0. The van der Waals surface area contributed by atoms with Crippen molar-refractivity contribution in [2.45, 2.75) is 136 Å². The number of aliphatic hydroxyl groups excluding tert-OH is 2. The number of rotatable bonds is 6. The summed E-state index contributed by atoms with van der Waals surface area (Å²) < 4.78 is 5.49. The van der Waals surface area contributed by atoms with E-state index in [1.54, 1.807) is 0 Å². The van der Waals surface area contributed by atoms with Crippen molar-refractivity contribution in [2.24, 2.45) is 40.4 Å². The molecule has 0 amide bonds. The van der Waals surface area contributed by atoms with Crippen LogP contribution in [0.25, 0.3) is 0 Å². The topological polar surface area (TPSA) is 87.0 Å². The smallest absolute Gasteiger partial charge is 0.303 e. The maximum absolute atomic E-state index is 11.6. The Morgan fingerprint density at radius 3 is 2.47 bits per heavy atom. The molecule has 0 bridgehead atoms. The molecule has 0 aromatic rings. The van der Waals surface area contributed by atoms with Crippen LogP contribution in [0, 0.1) is 40.4 Å². The van der Waals surface area contributed by atoms with E-state index in [0.29, 0.717) is 47.8 Å². The number of carbonyl (C=O) groups is 1. The second-order valence-electron chi connectivity index (χ2n) is 13.8. The van der Waals surface area contributed by atoms with Gasteiger partial charge in [-0.2, -0.15) is 0 Å². The Kier molecular flexibility index (Phi) is 7.01. The molecule has 4 aliphatic carbocycles. The molecule has 4 fully saturated rings. The van der Waals surface area contributed by atoms with Gasteiger partial charge in [0.15, 0.2) is 0 Å². The lowest BCUT2D eigenvalue weighted by molar-refractivity contribution is -0.264. The molecule has 4 aliphatic rings. The Hall–Kier alpha value is -0.650. The predicted molar refractivity (Wildman–Crippen MR) is 133 cm³/mol. The molecule has 5 nitrogen and oxygen atoms in total. The number of carbonyl (C=O) groups excluding carboxylic acids is 1. The third-order valence-corrected chi connectivity index (χ3v) is 11.5. The average Bonchev–Trinajstić information content (AvgIpc) is 3.07. The van der Waals surface area contributed by atoms with E-state index in [2.05, 4.69) is 20.8 Å². The minimum absolute atomic E-state index is 0.205. The van der Waals surface area contributed by atoms with Crippen molar-refractivity contribution in [3.05, 3.63) is 0 Å². The molecule has 34 heavy (non-hydrogen) atoms. The molecular weight excluding hydrogens is 428 g/mol. The van der Waals surface area contributed by atoms with Crippen LogP contribution < -0.4 is 0 Å². The average molecular weight is 479 g/mol. The Morgan fingerprint density at radius 2 is 1.79 bits per heavy atom. The van der Waals surface area contributed by atoms with Crippen LogP contribution in [0.5, 0.6) is 0 Å². The lowest BCUT2D eigenvalue weighted by Gasteiger charge is -2.65. The second kappa shape index (κ2) is 9.03. The lowest BCUT2D eigenvalue weighted by atomic mass is 9.42. The minimum Gasteiger partial charge on any atom is -0.460 e. The van der Waals surface area contributed by atoms with Crippen molar-refractivity contribution in [2.75, 3.05) is 0 Å². The first kappa shape index (κ1) is 26.4. The van der Waals surface area contributed by atoms with Gasteiger partial charge in [0.1, 0.15) is 5.60 Å². The standard InChI is InChI=1S/C29H50O5/c1-18(8-7-13-26(3,4)34-19(2)30)22-9-10-23-21-16-25(32)29(33)17-20(31)11-15-28(29,6)24(21)12-14-27(22,23)5/h18,20-25,31-33H,7-17H2,1-6H3/t18-,20+,21+,22-,23+,24+,25-,27-,28-,29+/m1/s1. The first-order valence-corrected chi connectivity index (χ1v) is 14.0. The molecule has 0 aliphatic heterocycles. The number of ether oxygens (including phenoxy) is 1. The Bertz CT molecular complexity index is 766. The van der Waals surface area contributed by atoms with Gasteiger partial charge in [0.25, 0.3) is 0 Å². The molecule has 4 rings (SSSR count). The van der Waals surface area contributed by atoms with E-state index < -0.39 is 23.4 Å². The maximum atomic E-state index is 11.6. The van der Waals surface area contributed by atoms with Gasteiger partial charge >= 0.3 is 5.97 Å². The highest BCUT2D eigenvalue weighted by molar-refractivity contribution is 5.66. The van der Waals surface area contributed by atoms with Crippen molar-refractivity contribution in [1.82, 2.24) is 0 Å². The zero-order valence-electron chi connectivity index (χ0n) is 22.5. The van der Waals surface area contributed by atoms with Crippen molar-refractivity contribution in [3.63, 3.8) is 0 Å². The normalized spacial score (nSPS) is 47.3. The Morgan fingerprint density at radius 1 is 1.09 bits per heavy atom. The molecule has 5 heteroatoms. The monoisotopic (exact) mass is 478 g/mol. The fraction of sp³-hybridized carbons (Fsp3) is 0.966. The van der Waals surface area contributed by atoms with Crippen LogP contribution in [-0.2, 0) is 9.53 Å². The lowest BCUT2D eigenvalue weighted by Crippen LogP contribution is -2.68. The molecule has 0 spiro atoms. The zero-order chi connectivity index (χ0) is 25.1. The highest BCUT2D eigenvalue weighted by atomic mass is 16.6. The van der Waals surface area contributed by atoms with E-state index in [9.17, 15) is 20.1 Å².